The fourth-order valence-corrected chi connectivity index (χ4v) is 3.19. The average molecular weight is 530 g/mol. The number of thiazole rings is 1. The highest BCUT2D eigenvalue weighted by Gasteiger charge is 2.33. The molecule has 0 aliphatic rings. The van der Waals surface area contributed by atoms with Gasteiger partial charge in [-0.15, -0.1) is 35.3 Å². The largest absolute Gasteiger partial charge is 0.434 e. The second kappa shape index (κ2) is 10.4. The summed E-state index contributed by atoms with van der Waals surface area (Å²) in [4.78, 5) is 7.70. The van der Waals surface area contributed by atoms with Crippen molar-refractivity contribution in [2.75, 3.05) is 20.1 Å². The molecule has 0 atom stereocenters. The molecule has 0 spiro atoms. The van der Waals surface area contributed by atoms with Crippen LogP contribution in [0.25, 0.3) is 0 Å². The summed E-state index contributed by atoms with van der Waals surface area (Å²) in [6.45, 7) is 4.86. The van der Waals surface area contributed by atoms with Gasteiger partial charge in [-0.1, -0.05) is 26.0 Å². The van der Waals surface area contributed by atoms with Crippen molar-refractivity contribution in [3.63, 3.8) is 0 Å². The van der Waals surface area contributed by atoms with Gasteiger partial charge in [-0.3, -0.25) is 4.99 Å². The normalized spacial score (nSPS) is 12.5. The summed E-state index contributed by atoms with van der Waals surface area (Å²) in [7, 11) is 1.61. The SMILES string of the molecule is CN=C(NCCc1nc(C(F)(F)F)cs1)NCC(C)(C)c1cccc(F)c1.I. The Morgan fingerprint density at radius 3 is 2.50 bits per heavy atom. The van der Waals surface area contributed by atoms with Gasteiger partial charge in [0.05, 0.1) is 5.01 Å². The van der Waals surface area contributed by atoms with Gasteiger partial charge in [0.25, 0.3) is 0 Å². The van der Waals surface area contributed by atoms with Gasteiger partial charge in [-0.2, -0.15) is 13.2 Å². The third-order valence-corrected chi connectivity index (χ3v) is 4.91. The van der Waals surface area contributed by atoms with Crippen LogP contribution >= 0.6 is 35.3 Å². The van der Waals surface area contributed by atoms with Crippen molar-refractivity contribution < 1.29 is 17.6 Å². The van der Waals surface area contributed by atoms with Crippen molar-refractivity contribution in [3.05, 3.63) is 51.7 Å². The van der Waals surface area contributed by atoms with Crippen LogP contribution in [0.3, 0.4) is 0 Å². The molecule has 0 saturated carbocycles. The van der Waals surface area contributed by atoms with Crippen LogP contribution in [0.2, 0.25) is 0 Å². The predicted molar refractivity (Wildman–Crippen MR) is 115 cm³/mol. The fourth-order valence-electron chi connectivity index (χ4n) is 2.38. The standard InChI is InChI=1S/C18H22F4N4S.HI/c1-17(2,12-5-4-6-13(19)9-12)11-25-16(23-3)24-8-7-15-26-14(10-27-15)18(20,21)22;/h4-6,9-10H,7-8,11H2,1-3H3,(H2,23,24,25);1H. The van der Waals surface area contributed by atoms with Crippen LogP contribution in [0.5, 0.6) is 0 Å². The number of halogens is 5. The van der Waals surface area contributed by atoms with Crippen LogP contribution < -0.4 is 10.6 Å². The Hall–Kier alpha value is -1.43. The first-order chi connectivity index (χ1) is 12.6. The average Bonchev–Trinajstić information content (AvgIpc) is 3.07. The fraction of sp³-hybridized carbons (Fsp3) is 0.444. The summed E-state index contributed by atoms with van der Waals surface area (Å²) < 4.78 is 51.1. The summed E-state index contributed by atoms with van der Waals surface area (Å²) in [5.41, 5.74) is -0.342. The van der Waals surface area contributed by atoms with E-state index in [-0.39, 0.29) is 35.2 Å². The minimum atomic E-state index is -4.41. The molecule has 0 saturated heterocycles. The second-order valence-corrected chi connectivity index (χ2v) is 7.56. The lowest BCUT2D eigenvalue weighted by molar-refractivity contribution is -0.140. The van der Waals surface area contributed by atoms with E-state index >= 15 is 0 Å². The van der Waals surface area contributed by atoms with Crippen molar-refractivity contribution in [3.8, 4) is 0 Å². The Labute approximate surface area is 182 Å². The molecule has 1 aromatic heterocycles. The number of nitrogens with one attached hydrogen (secondary N) is 2. The molecule has 2 rings (SSSR count). The highest BCUT2D eigenvalue weighted by atomic mass is 127. The summed E-state index contributed by atoms with van der Waals surface area (Å²) in [6.07, 6.45) is -4.06. The predicted octanol–water partition coefficient (Wildman–Crippen LogP) is 4.60. The van der Waals surface area contributed by atoms with Crippen LogP contribution in [0.4, 0.5) is 17.6 Å². The van der Waals surface area contributed by atoms with Crippen molar-refractivity contribution in [1.82, 2.24) is 15.6 Å². The van der Waals surface area contributed by atoms with E-state index in [0.29, 0.717) is 30.5 Å². The van der Waals surface area contributed by atoms with Gasteiger partial charge in [0, 0.05) is 37.4 Å². The van der Waals surface area contributed by atoms with Crippen LogP contribution in [0.1, 0.15) is 30.1 Å². The first kappa shape index (κ1) is 24.6. The minimum absolute atomic E-state index is 0. The van der Waals surface area contributed by atoms with E-state index in [4.69, 9.17) is 0 Å². The van der Waals surface area contributed by atoms with Crippen molar-refractivity contribution in [2.24, 2.45) is 4.99 Å². The van der Waals surface area contributed by atoms with Crippen molar-refractivity contribution in [1.29, 1.82) is 0 Å². The number of aliphatic imine (C=N–C) groups is 1. The zero-order chi connectivity index (χ0) is 20.1. The van der Waals surface area contributed by atoms with Gasteiger partial charge in [-0.25, -0.2) is 9.37 Å². The lowest BCUT2D eigenvalue weighted by Gasteiger charge is -2.26. The first-order valence-electron chi connectivity index (χ1n) is 8.34. The number of hydrogen-bond acceptors (Lipinski definition) is 3. The smallest absolute Gasteiger partial charge is 0.356 e. The number of aromatic nitrogens is 1. The Morgan fingerprint density at radius 1 is 1.21 bits per heavy atom. The minimum Gasteiger partial charge on any atom is -0.356 e. The number of guanidine groups is 1. The van der Waals surface area contributed by atoms with Crippen LogP contribution in [0.15, 0.2) is 34.6 Å². The topological polar surface area (TPSA) is 49.3 Å². The molecule has 0 aliphatic heterocycles. The van der Waals surface area contributed by atoms with E-state index in [1.807, 2.05) is 19.9 Å². The summed E-state index contributed by atoms with van der Waals surface area (Å²) in [5, 5.41) is 7.64. The van der Waals surface area contributed by atoms with E-state index in [1.165, 1.54) is 12.1 Å². The van der Waals surface area contributed by atoms with Gasteiger partial charge in [0.1, 0.15) is 5.82 Å². The van der Waals surface area contributed by atoms with E-state index < -0.39 is 11.9 Å². The molecule has 2 N–H and O–H groups in total. The van der Waals surface area contributed by atoms with Crippen LogP contribution in [-0.2, 0) is 18.0 Å². The number of nitrogens with zero attached hydrogens (tertiary/aromatic N) is 2. The number of alkyl halides is 3. The van der Waals surface area contributed by atoms with Gasteiger partial charge in [-0.05, 0) is 17.7 Å². The molecule has 0 aliphatic carbocycles. The van der Waals surface area contributed by atoms with E-state index in [1.54, 1.807) is 13.1 Å². The molecule has 0 bridgehead atoms. The van der Waals surface area contributed by atoms with Crippen molar-refractivity contribution >= 4 is 41.3 Å². The van der Waals surface area contributed by atoms with Gasteiger partial charge < -0.3 is 10.6 Å². The molecule has 0 fully saturated rings. The maximum atomic E-state index is 13.4. The molecule has 2 aromatic rings. The lowest BCUT2D eigenvalue weighted by atomic mass is 9.84. The molecule has 0 unspecified atom stereocenters. The first-order valence-corrected chi connectivity index (χ1v) is 9.22. The molecule has 0 radical (unpaired) electrons. The van der Waals surface area contributed by atoms with Crippen molar-refractivity contribution in [2.45, 2.75) is 31.9 Å². The highest BCUT2D eigenvalue weighted by Crippen LogP contribution is 2.30. The monoisotopic (exact) mass is 530 g/mol. The van der Waals surface area contributed by atoms with E-state index in [9.17, 15) is 17.6 Å². The van der Waals surface area contributed by atoms with E-state index in [2.05, 4.69) is 20.6 Å². The quantitative estimate of drug-likeness (QED) is 0.249. The second-order valence-electron chi connectivity index (χ2n) is 6.62. The molecule has 28 heavy (non-hydrogen) atoms. The third-order valence-electron chi connectivity index (χ3n) is 4.00. The molecular weight excluding hydrogens is 507 g/mol. The summed E-state index contributed by atoms with van der Waals surface area (Å²) in [5.74, 6) is 0.233. The van der Waals surface area contributed by atoms with E-state index in [0.717, 1.165) is 22.3 Å². The van der Waals surface area contributed by atoms with Gasteiger partial charge in [0.2, 0.25) is 0 Å². The Balaban J connectivity index is 0.00000392. The number of hydrogen-bond donors (Lipinski definition) is 2. The molecule has 10 heteroatoms. The molecular formula is C18H23F4IN4S. The molecule has 1 heterocycles. The van der Waals surface area contributed by atoms with Crippen LogP contribution in [0, 0.1) is 5.82 Å². The van der Waals surface area contributed by atoms with Gasteiger partial charge >= 0.3 is 6.18 Å². The molecule has 1 aromatic carbocycles. The Morgan fingerprint density at radius 2 is 1.93 bits per heavy atom. The van der Waals surface area contributed by atoms with Crippen LogP contribution in [-0.4, -0.2) is 31.1 Å². The Bertz CT molecular complexity index is 790. The van der Waals surface area contributed by atoms with Gasteiger partial charge in [0.15, 0.2) is 11.7 Å². The maximum absolute atomic E-state index is 13.4. The third kappa shape index (κ3) is 7.19. The molecule has 156 valence electrons. The molecule has 0 amide bonds. The molecule has 4 nitrogen and oxygen atoms in total. The highest BCUT2D eigenvalue weighted by molar-refractivity contribution is 14.0. The number of rotatable bonds is 6. The lowest BCUT2D eigenvalue weighted by Crippen LogP contribution is -2.44. The number of benzene rings is 1. The zero-order valence-corrected chi connectivity index (χ0v) is 18.9. The Kier molecular flexibility index (Phi) is 9.12. The summed E-state index contributed by atoms with van der Waals surface area (Å²) in [6, 6.07) is 6.43. The summed E-state index contributed by atoms with van der Waals surface area (Å²) >= 11 is 0.985. The zero-order valence-electron chi connectivity index (χ0n) is 15.7. The maximum Gasteiger partial charge on any atom is 0.434 e.